The number of aromatic nitrogens is 1. The lowest BCUT2D eigenvalue weighted by Crippen LogP contribution is -2.02. The molecule has 1 aromatic heterocycles. The number of rotatable bonds is 4. The molecule has 1 fully saturated rings. The molecule has 1 aromatic carbocycles. The van der Waals surface area contributed by atoms with Crippen LogP contribution in [0.1, 0.15) is 23.3 Å². The summed E-state index contributed by atoms with van der Waals surface area (Å²) in [6, 6.07) is 10.9. The number of benzene rings is 1. The summed E-state index contributed by atoms with van der Waals surface area (Å²) in [7, 11) is 0. The van der Waals surface area contributed by atoms with Gasteiger partial charge in [0.2, 0.25) is 0 Å². The van der Waals surface area contributed by atoms with Crippen molar-refractivity contribution in [3.05, 3.63) is 48.3 Å². The van der Waals surface area contributed by atoms with E-state index in [1.807, 2.05) is 24.3 Å². The van der Waals surface area contributed by atoms with Gasteiger partial charge in [0.05, 0.1) is 6.10 Å². The monoisotopic (exact) mass is 255 g/mol. The Morgan fingerprint density at radius 3 is 2.58 bits per heavy atom. The van der Waals surface area contributed by atoms with E-state index < -0.39 is 5.97 Å². The zero-order valence-electron chi connectivity index (χ0n) is 10.2. The van der Waals surface area contributed by atoms with Gasteiger partial charge in [0, 0.05) is 11.8 Å². The van der Waals surface area contributed by atoms with E-state index in [0.29, 0.717) is 11.7 Å². The van der Waals surface area contributed by atoms with Gasteiger partial charge in [-0.2, -0.15) is 0 Å². The number of ether oxygens (including phenoxy) is 1. The Balaban J connectivity index is 1.91. The molecule has 1 aliphatic rings. The lowest BCUT2D eigenvalue weighted by Gasteiger charge is -2.07. The molecular weight excluding hydrogens is 242 g/mol. The molecule has 0 amide bonds. The molecule has 0 unspecified atom stereocenters. The number of nitrogens with zero attached hydrogens (tertiary/aromatic N) is 1. The van der Waals surface area contributed by atoms with Crippen LogP contribution in [0.3, 0.4) is 0 Å². The van der Waals surface area contributed by atoms with Gasteiger partial charge < -0.3 is 9.84 Å². The standard InChI is InChI=1S/C15H13NO3/c17-15(18)14-13(2-1-9-16-14)10-3-5-11(6-4-10)19-12-7-8-12/h1-6,9,12H,7-8H2,(H,17,18). The van der Waals surface area contributed by atoms with Crippen LogP contribution in [0.25, 0.3) is 11.1 Å². The summed E-state index contributed by atoms with van der Waals surface area (Å²) in [4.78, 5) is 15.0. The third-order valence-electron chi connectivity index (χ3n) is 3.00. The van der Waals surface area contributed by atoms with Crippen molar-refractivity contribution in [1.29, 1.82) is 0 Å². The fourth-order valence-corrected chi connectivity index (χ4v) is 1.90. The summed E-state index contributed by atoms with van der Waals surface area (Å²) in [5.41, 5.74) is 1.51. The molecular formula is C15H13NO3. The molecule has 2 aromatic rings. The van der Waals surface area contributed by atoms with Crippen LogP contribution in [0.5, 0.6) is 5.75 Å². The maximum atomic E-state index is 11.1. The fourth-order valence-electron chi connectivity index (χ4n) is 1.90. The van der Waals surface area contributed by atoms with Gasteiger partial charge >= 0.3 is 5.97 Å². The average molecular weight is 255 g/mol. The van der Waals surface area contributed by atoms with Gasteiger partial charge in [0.15, 0.2) is 5.69 Å². The number of hydrogen-bond acceptors (Lipinski definition) is 3. The largest absolute Gasteiger partial charge is 0.490 e. The van der Waals surface area contributed by atoms with E-state index >= 15 is 0 Å². The topological polar surface area (TPSA) is 59.4 Å². The summed E-state index contributed by atoms with van der Waals surface area (Å²) >= 11 is 0. The highest BCUT2D eigenvalue weighted by Gasteiger charge is 2.23. The molecule has 0 aliphatic heterocycles. The van der Waals surface area contributed by atoms with Crippen LogP contribution in [-0.4, -0.2) is 22.2 Å². The Morgan fingerprint density at radius 2 is 1.95 bits per heavy atom. The zero-order chi connectivity index (χ0) is 13.2. The van der Waals surface area contributed by atoms with Crippen molar-refractivity contribution < 1.29 is 14.6 Å². The minimum Gasteiger partial charge on any atom is -0.490 e. The molecule has 96 valence electrons. The quantitative estimate of drug-likeness (QED) is 0.912. The highest BCUT2D eigenvalue weighted by atomic mass is 16.5. The molecule has 1 N–H and O–H groups in total. The normalized spacial score (nSPS) is 14.1. The molecule has 0 bridgehead atoms. The predicted octanol–water partition coefficient (Wildman–Crippen LogP) is 2.99. The second-order valence-corrected chi connectivity index (χ2v) is 4.55. The number of hydrogen-bond donors (Lipinski definition) is 1. The van der Waals surface area contributed by atoms with Gasteiger partial charge in [-0.1, -0.05) is 18.2 Å². The number of carboxylic acid groups (broad SMARTS) is 1. The number of aromatic carboxylic acids is 1. The molecule has 1 saturated carbocycles. The van der Waals surface area contributed by atoms with Crippen molar-refractivity contribution in [3.8, 4) is 16.9 Å². The first-order valence-corrected chi connectivity index (χ1v) is 6.19. The van der Waals surface area contributed by atoms with Gasteiger partial charge in [-0.3, -0.25) is 0 Å². The van der Waals surface area contributed by atoms with Crippen LogP contribution in [-0.2, 0) is 0 Å². The van der Waals surface area contributed by atoms with Crippen LogP contribution in [0.2, 0.25) is 0 Å². The molecule has 19 heavy (non-hydrogen) atoms. The highest BCUT2D eigenvalue weighted by molar-refractivity contribution is 5.93. The van der Waals surface area contributed by atoms with Gasteiger partial charge in [-0.25, -0.2) is 9.78 Å². The van der Waals surface area contributed by atoms with Gasteiger partial charge in [0.25, 0.3) is 0 Å². The Hall–Kier alpha value is -2.36. The van der Waals surface area contributed by atoms with Crippen molar-refractivity contribution in [1.82, 2.24) is 4.98 Å². The second kappa shape index (κ2) is 4.72. The second-order valence-electron chi connectivity index (χ2n) is 4.55. The van der Waals surface area contributed by atoms with E-state index in [4.69, 9.17) is 9.84 Å². The van der Waals surface area contributed by atoms with Crippen molar-refractivity contribution in [3.63, 3.8) is 0 Å². The number of pyridine rings is 1. The molecule has 0 radical (unpaired) electrons. The molecule has 4 nitrogen and oxygen atoms in total. The first kappa shape index (κ1) is 11.7. The lowest BCUT2D eigenvalue weighted by atomic mass is 10.0. The minimum absolute atomic E-state index is 0.0679. The Labute approximate surface area is 110 Å². The third-order valence-corrected chi connectivity index (χ3v) is 3.00. The lowest BCUT2D eigenvalue weighted by molar-refractivity contribution is 0.0691. The van der Waals surface area contributed by atoms with Crippen LogP contribution < -0.4 is 4.74 Å². The van der Waals surface area contributed by atoms with Crippen molar-refractivity contribution in [2.24, 2.45) is 0 Å². The zero-order valence-corrected chi connectivity index (χ0v) is 10.2. The first-order chi connectivity index (χ1) is 9.24. The van der Waals surface area contributed by atoms with Gasteiger partial charge in [0.1, 0.15) is 5.75 Å². The summed E-state index contributed by atoms with van der Waals surface area (Å²) in [6.45, 7) is 0. The molecule has 0 spiro atoms. The molecule has 3 rings (SSSR count). The van der Waals surface area contributed by atoms with E-state index in [-0.39, 0.29) is 5.69 Å². The van der Waals surface area contributed by atoms with Crippen LogP contribution in [0, 0.1) is 0 Å². The summed E-state index contributed by atoms with van der Waals surface area (Å²) in [5, 5.41) is 9.12. The number of carboxylic acids is 1. The minimum atomic E-state index is -1.02. The van der Waals surface area contributed by atoms with Gasteiger partial charge in [-0.15, -0.1) is 0 Å². The van der Waals surface area contributed by atoms with Crippen molar-refractivity contribution >= 4 is 5.97 Å². The summed E-state index contributed by atoms with van der Waals surface area (Å²) in [5.74, 6) is -0.194. The third kappa shape index (κ3) is 2.57. The molecule has 4 heteroatoms. The van der Waals surface area contributed by atoms with Crippen LogP contribution >= 0.6 is 0 Å². The van der Waals surface area contributed by atoms with E-state index in [1.165, 1.54) is 6.20 Å². The summed E-state index contributed by atoms with van der Waals surface area (Å²) < 4.78 is 5.66. The fraction of sp³-hybridized carbons (Fsp3) is 0.200. The first-order valence-electron chi connectivity index (χ1n) is 6.19. The molecule has 0 saturated heterocycles. The molecule has 1 aliphatic carbocycles. The smallest absolute Gasteiger partial charge is 0.355 e. The van der Waals surface area contributed by atoms with Crippen molar-refractivity contribution in [2.75, 3.05) is 0 Å². The average Bonchev–Trinajstić information content (AvgIpc) is 3.23. The maximum absolute atomic E-state index is 11.1. The van der Waals surface area contributed by atoms with E-state index in [0.717, 1.165) is 24.2 Å². The van der Waals surface area contributed by atoms with Crippen LogP contribution in [0.4, 0.5) is 0 Å². The van der Waals surface area contributed by atoms with E-state index in [2.05, 4.69) is 4.98 Å². The van der Waals surface area contributed by atoms with Crippen molar-refractivity contribution in [2.45, 2.75) is 18.9 Å². The Kier molecular flexibility index (Phi) is 2.91. The SMILES string of the molecule is O=C(O)c1ncccc1-c1ccc(OC2CC2)cc1. The molecule has 0 atom stereocenters. The van der Waals surface area contributed by atoms with E-state index in [9.17, 15) is 4.79 Å². The maximum Gasteiger partial charge on any atom is 0.355 e. The van der Waals surface area contributed by atoms with Gasteiger partial charge in [-0.05, 0) is 36.6 Å². The van der Waals surface area contributed by atoms with E-state index in [1.54, 1.807) is 12.1 Å². The highest BCUT2D eigenvalue weighted by Crippen LogP contribution is 2.29. The Bertz CT molecular complexity index is 603. The number of carbonyl (C=O) groups is 1. The molecule has 1 heterocycles. The predicted molar refractivity (Wildman–Crippen MR) is 70.3 cm³/mol. The Morgan fingerprint density at radius 1 is 1.21 bits per heavy atom. The van der Waals surface area contributed by atoms with Crippen LogP contribution in [0.15, 0.2) is 42.6 Å². The summed E-state index contributed by atoms with van der Waals surface area (Å²) in [6.07, 6.45) is 4.08.